The lowest BCUT2D eigenvalue weighted by Crippen LogP contribution is -2.14. The zero-order valence-electron chi connectivity index (χ0n) is 4.44. The van der Waals surface area contributed by atoms with Crippen LogP contribution in [-0.4, -0.2) is 18.6 Å². The zero-order valence-corrected chi connectivity index (χ0v) is 5.44. The summed E-state index contributed by atoms with van der Waals surface area (Å²) >= 11 is 0. The van der Waals surface area contributed by atoms with E-state index in [0.29, 0.717) is 6.61 Å². The van der Waals surface area contributed by atoms with Crippen molar-refractivity contribution < 1.29 is 14.6 Å². The molecule has 1 aliphatic rings. The second-order valence-corrected chi connectivity index (χ2v) is 2.63. The first kappa shape index (κ1) is 8.11. The third-order valence-corrected chi connectivity index (χ3v) is 1.83. The molecule has 0 amide bonds. The molecule has 0 radical (unpaired) electrons. The fraction of sp³-hybridized carbons (Fsp3) is 1.00. The topological polar surface area (TPSA) is 69.8 Å². The predicted octanol–water partition coefficient (Wildman–Crippen LogP) is -0.439. The molecule has 1 atom stereocenters. The highest BCUT2D eigenvalue weighted by Crippen LogP contribution is 2.19. The van der Waals surface area contributed by atoms with Gasteiger partial charge in [0, 0.05) is 6.54 Å². The van der Waals surface area contributed by atoms with Gasteiger partial charge in [-0.05, 0) is 6.42 Å². The summed E-state index contributed by atoms with van der Waals surface area (Å²) in [7, 11) is -1.79. The lowest BCUT2D eigenvalue weighted by Gasteiger charge is -2.10. The molecule has 1 saturated heterocycles. The van der Waals surface area contributed by atoms with Crippen LogP contribution in [0.5, 0.6) is 0 Å². The smallest absolute Gasteiger partial charge is 0.258 e. The Labute approximate surface area is 48.5 Å². The Morgan fingerprint density at radius 3 is 2.62 bits per heavy atom. The van der Waals surface area contributed by atoms with Gasteiger partial charge in [0.1, 0.15) is 0 Å². The van der Waals surface area contributed by atoms with Gasteiger partial charge < -0.3 is 10.00 Å². The molecule has 0 saturated carbocycles. The van der Waals surface area contributed by atoms with Crippen LogP contribution in [0, 0.1) is 0 Å². The minimum atomic E-state index is -1.79. The molecule has 0 aromatic rings. The number of rotatable bonds is 0. The van der Waals surface area contributed by atoms with E-state index in [1.54, 1.807) is 0 Å². The highest BCUT2D eigenvalue weighted by atomic mass is 31.1. The van der Waals surface area contributed by atoms with Crippen molar-refractivity contribution in [3.63, 3.8) is 0 Å². The molecule has 4 nitrogen and oxygen atoms in total. The Morgan fingerprint density at radius 2 is 2.38 bits per heavy atom. The Morgan fingerprint density at radius 1 is 1.62 bits per heavy atom. The first-order valence-electron chi connectivity index (χ1n) is 2.30. The van der Waals surface area contributed by atoms with Crippen LogP contribution in [0.1, 0.15) is 6.42 Å². The van der Waals surface area contributed by atoms with Crippen LogP contribution in [-0.2, 0) is 9.09 Å². The Hall–Kier alpha value is 0.110. The quantitative estimate of drug-likeness (QED) is 0.462. The molecule has 50 valence electrons. The lowest BCUT2D eigenvalue weighted by molar-refractivity contribution is 0.295. The summed E-state index contributed by atoms with van der Waals surface area (Å²) in [6.07, 6.45) is 0.983. The molecule has 1 unspecified atom stereocenters. The normalized spacial score (nSPS) is 28.8. The van der Waals surface area contributed by atoms with Gasteiger partial charge in [0.25, 0.3) is 8.18 Å². The first-order chi connectivity index (χ1) is 3.39. The minimum Gasteiger partial charge on any atom is -0.412 e. The maximum absolute atomic E-state index is 10.3. The fourth-order valence-electron chi connectivity index (χ4n) is 0.479. The van der Waals surface area contributed by atoms with E-state index in [1.807, 2.05) is 0 Å². The summed E-state index contributed by atoms with van der Waals surface area (Å²) in [5.74, 6) is 0. The summed E-state index contributed by atoms with van der Waals surface area (Å²) in [5.41, 5.74) is 0. The molecule has 8 heavy (non-hydrogen) atoms. The third-order valence-electron chi connectivity index (χ3n) is 0.824. The van der Waals surface area contributed by atoms with Crippen LogP contribution >= 0.6 is 8.18 Å². The van der Waals surface area contributed by atoms with Gasteiger partial charge in [0.05, 0.1) is 6.61 Å². The summed E-state index contributed by atoms with van der Waals surface area (Å²) in [5, 5.41) is 2.71. The van der Waals surface area contributed by atoms with E-state index in [9.17, 15) is 4.57 Å². The molecule has 1 rings (SSSR count). The third kappa shape index (κ3) is 2.43. The van der Waals surface area contributed by atoms with E-state index in [0.717, 1.165) is 13.0 Å². The van der Waals surface area contributed by atoms with Gasteiger partial charge in [0.15, 0.2) is 0 Å². The van der Waals surface area contributed by atoms with Gasteiger partial charge in [-0.15, -0.1) is 0 Å². The molecule has 0 aromatic heterocycles. The van der Waals surface area contributed by atoms with Gasteiger partial charge in [-0.1, -0.05) is 0 Å². The van der Waals surface area contributed by atoms with Crippen molar-refractivity contribution in [2.45, 2.75) is 6.42 Å². The van der Waals surface area contributed by atoms with Crippen LogP contribution in [0.25, 0.3) is 0 Å². The van der Waals surface area contributed by atoms with Gasteiger partial charge in [-0.2, -0.15) is 0 Å². The summed E-state index contributed by atoms with van der Waals surface area (Å²) < 4.78 is 15.0. The second-order valence-electron chi connectivity index (χ2n) is 1.42. The zero-order chi connectivity index (χ0) is 5.11. The molecule has 1 fully saturated rings. The summed E-state index contributed by atoms with van der Waals surface area (Å²) in [6.45, 7) is 1.50. The standard InChI is InChI=1S/C3H8NO2P.H2O/c5-7-4-2-1-3-6-7;/h7H,1-3H2,(H,4,5);1H2. The molecule has 3 N–H and O–H groups in total. The molecule has 1 heterocycles. The van der Waals surface area contributed by atoms with Crippen molar-refractivity contribution in [1.29, 1.82) is 0 Å². The molecular weight excluding hydrogens is 129 g/mol. The average Bonchev–Trinajstić information content (AvgIpc) is 1.69. The van der Waals surface area contributed by atoms with Crippen LogP contribution in [0.4, 0.5) is 0 Å². The van der Waals surface area contributed by atoms with Gasteiger partial charge in [-0.3, -0.25) is 4.57 Å². The number of hydrogen-bond donors (Lipinski definition) is 1. The first-order valence-corrected chi connectivity index (χ1v) is 3.62. The highest BCUT2D eigenvalue weighted by Gasteiger charge is 2.02. The van der Waals surface area contributed by atoms with Crippen molar-refractivity contribution in [1.82, 2.24) is 5.09 Å². The van der Waals surface area contributed by atoms with E-state index >= 15 is 0 Å². The van der Waals surface area contributed by atoms with Crippen LogP contribution in [0.3, 0.4) is 0 Å². The maximum atomic E-state index is 10.3. The highest BCUT2D eigenvalue weighted by molar-refractivity contribution is 7.36. The van der Waals surface area contributed by atoms with Crippen molar-refractivity contribution in [3.8, 4) is 0 Å². The van der Waals surface area contributed by atoms with Crippen molar-refractivity contribution in [2.75, 3.05) is 13.2 Å². The molecule has 0 spiro atoms. The van der Waals surface area contributed by atoms with Gasteiger partial charge in [-0.25, -0.2) is 5.09 Å². The van der Waals surface area contributed by atoms with E-state index in [-0.39, 0.29) is 5.48 Å². The van der Waals surface area contributed by atoms with Crippen molar-refractivity contribution >= 4 is 8.18 Å². The van der Waals surface area contributed by atoms with Crippen molar-refractivity contribution in [2.24, 2.45) is 0 Å². The average molecular weight is 139 g/mol. The van der Waals surface area contributed by atoms with Gasteiger partial charge in [0.2, 0.25) is 0 Å². The lowest BCUT2D eigenvalue weighted by atomic mass is 10.5. The summed E-state index contributed by atoms with van der Waals surface area (Å²) in [6, 6.07) is 0. The van der Waals surface area contributed by atoms with Gasteiger partial charge >= 0.3 is 0 Å². The monoisotopic (exact) mass is 139 g/mol. The Balaban J connectivity index is 0.000000490. The maximum Gasteiger partial charge on any atom is 0.258 e. The Kier molecular flexibility index (Phi) is 4.09. The Bertz CT molecular complexity index is 78.6. The molecule has 0 aromatic carbocycles. The fourth-order valence-corrected chi connectivity index (χ4v) is 1.29. The van der Waals surface area contributed by atoms with E-state index in [4.69, 9.17) is 4.52 Å². The molecule has 0 bridgehead atoms. The second kappa shape index (κ2) is 4.04. The van der Waals surface area contributed by atoms with Crippen LogP contribution in [0.15, 0.2) is 0 Å². The van der Waals surface area contributed by atoms with Crippen LogP contribution < -0.4 is 5.09 Å². The van der Waals surface area contributed by atoms with Crippen molar-refractivity contribution in [3.05, 3.63) is 0 Å². The SMILES string of the molecule is O.O=[PH]1NCCCO1. The molecule has 1 aliphatic heterocycles. The summed E-state index contributed by atoms with van der Waals surface area (Å²) in [4.78, 5) is 0. The minimum absolute atomic E-state index is 0. The predicted molar refractivity (Wildman–Crippen MR) is 31.2 cm³/mol. The van der Waals surface area contributed by atoms with E-state index < -0.39 is 8.18 Å². The van der Waals surface area contributed by atoms with E-state index in [1.165, 1.54) is 0 Å². The number of nitrogens with one attached hydrogen (secondary N) is 1. The molecule has 0 aliphatic carbocycles. The van der Waals surface area contributed by atoms with Crippen LogP contribution in [0.2, 0.25) is 0 Å². The number of hydrogen-bond acceptors (Lipinski definition) is 2. The molecular formula is C3H10NO3P. The van der Waals surface area contributed by atoms with E-state index in [2.05, 4.69) is 5.09 Å². The molecule has 5 heteroatoms. The largest absolute Gasteiger partial charge is 0.412 e.